The van der Waals surface area contributed by atoms with E-state index in [1.807, 2.05) is 0 Å². The van der Waals surface area contributed by atoms with Crippen LogP contribution < -0.4 is 10.5 Å². The molecule has 0 aliphatic heterocycles. The normalized spacial score (nSPS) is 13.7. The summed E-state index contributed by atoms with van der Waals surface area (Å²) in [6.07, 6.45) is 3.07. The molecule has 0 amide bonds. The van der Waals surface area contributed by atoms with Gasteiger partial charge in [-0.1, -0.05) is 49.7 Å². The van der Waals surface area contributed by atoms with E-state index in [9.17, 15) is 0 Å². The van der Waals surface area contributed by atoms with Crippen LogP contribution in [0.15, 0.2) is 42.5 Å². The van der Waals surface area contributed by atoms with Crippen LogP contribution in [-0.4, -0.2) is 12.6 Å². The molecule has 0 spiro atoms. The fourth-order valence-electron chi connectivity index (χ4n) is 2.91. The van der Waals surface area contributed by atoms with Crippen LogP contribution in [0.1, 0.15) is 30.9 Å². The third-order valence-corrected chi connectivity index (χ3v) is 3.92. The molecule has 20 heavy (non-hydrogen) atoms. The van der Waals surface area contributed by atoms with Crippen molar-refractivity contribution in [2.75, 3.05) is 6.61 Å². The average Bonchev–Trinajstić information content (AvgIpc) is 2.84. The molecule has 2 aromatic carbocycles. The minimum atomic E-state index is 0.125. The highest BCUT2D eigenvalue weighted by Gasteiger charge is 2.21. The van der Waals surface area contributed by atoms with Gasteiger partial charge in [-0.2, -0.15) is 0 Å². The first-order chi connectivity index (χ1) is 9.79. The molecule has 0 heterocycles. The molecule has 2 aromatic rings. The van der Waals surface area contributed by atoms with Gasteiger partial charge in [-0.3, -0.25) is 0 Å². The average molecular weight is 267 g/mol. The zero-order valence-corrected chi connectivity index (χ0v) is 11.9. The number of hydrogen-bond acceptors (Lipinski definition) is 2. The molecule has 1 unspecified atom stereocenters. The Morgan fingerprint density at radius 2 is 1.90 bits per heavy atom. The first-order valence-electron chi connectivity index (χ1n) is 7.38. The molecule has 2 heteroatoms. The van der Waals surface area contributed by atoms with Crippen LogP contribution in [0.25, 0.3) is 11.1 Å². The summed E-state index contributed by atoms with van der Waals surface area (Å²) in [7, 11) is 0. The lowest BCUT2D eigenvalue weighted by atomic mass is 10.1. The number of hydrogen-bond donors (Lipinski definition) is 1. The van der Waals surface area contributed by atoms with Crippen LogP contribution in [0.4, 0.5) is 0 Å². The van der Waals surface area contributed by atoms with Gasteiger partial charge >= 0.3 is 0 Å². The number of nitrogens with two attached hydrogens (primary N) is 1. The molecule has 0 aromatic heterocycles. The summed E-state index contributed by atoms with van der Waals surface area (Å²) in [4.78, 5) is 0. The van der Waals surface area contributed by atoms with Crippen LogP contribution in [-0.2, 0) is 6.42 Å². The minimum absolute atomic E-state index is 0.125. The summed E-state index contributed by atoms with van der Waals surface area (Å²) >= 11 is 0. The predicted octanol–water partition coefficient (Wildman–Crippen LogP) is 3.76. The van der Waals surface area contributed by atoms with Crippen LogP contribution in [0.2, 0.25) is 0 Å². The monoisotopic (exact) mass is 267 g/mol. The van der Waals surface area contributed by atoms with E-state index in [1.54, 1.807) is 0 Å². The predicted molar refractivity (Wildman–Crippen MR) is 83.1 cm³/mol. The van der Waals surface area contributed by atoms with Crippen LogP contribution in [0, 0.1) is 0 Å². The molecular weight excluding hydrogens is 246 g/mol. The molecule has 0 bridgehead atoms. The molecule has 0 radical (unpaired) electrons. The Hall–Kier alpha value is -1.80. The van der Waals surface area contributed by atoms with E-state index in [4.69, 9.17) is 10.5 Å². The van der Waals surface area contributed by atoms with Crippen molar-refractivity contribution in [3.05, 3.63) is 53.6 Å². The van der Waals surface area contributed by atoms with Gasteiger partial charge in [0, 0.05) is 18.0 Å². The molecule has 104 valence electrons. The van der Waals surface area contributed by atoms with Gasteiger partial charge in [0.1, 0.15) is 12.4 Å². The Morgan fingerprint density at radius 1 is 1.10 bits per heavy atom. The van der Waals surface area contributed by atoms with Gasteiger partial charge in [0.15, 0.2) is 0 Å². The summed E-state index contributed by atoms with van der Waals surface area (Å²) < 4.78 is 5.97. The second-order valence-corrected chi connectivity index (χ2v) is 5.48. The van der Waals surface area contributed by atoms with Crippen molar-refractivity contribution in [2.24, 2.45) is 5.73 Å². The van der Waals surface area contributed by atoms with Gasteiger partial charge in [-0.05, 0) is 29.2 Å². The molecule has 1 aliphatic rings. The molecule has 0 saturated carbocycles. The fourth-order valence-corrected chi connectivity index (χ4v) is 2.91. The Kier molecular flexibility index (Phi) is 3.75. The van der Waals surface area contributed by atoms with Gasteiger partial charge in [-0.25, -0.2) is 0 Å². The maximum absolute atomic E-state index is 6.04. The lowest BCUT2D eigenvalue weighted by Gasteiger charge is -2.14. The Bertz CT molecular complexity index is 606. The van der Waals surface area contributed by atoms with Crippen molar-refractivity contribution in [2.45, 2.75) is 32.2 Å². The van der Waals surface area contributed by atoms with Crippen molar-refractivity contribution >= 4 is 0 Å². The maximum atomic E-state index is 6.04. The smallest absolute Gasteiger partial charge is 0.123 e. The van der Waals surface area contributed by atoms with E-state index in [2.05, 4.69) is 49.4 Å². The van der Waals surface area contributed by atoms with E-state index in [0.29, 0.717) is 6.61 Å². The zero-order valence-electron chi connectivity index (χ0n) is 11.9. The summed E-state index contributed by atoms with van der Waals surface area (Å²) in [5, 5.41) is 0. The topological polar surface area (TPSA) is 35.2 Å². The number of benzene rings is 2. The van der Waals surface area contributed by atoms with E-state index in [-0.39, 0.29) is 6.04 Å². The van der Waals surface area contributed by atoms with E-state index in [0.717, 1.165) is 25.0 Å². The molecular formula is C18H21NO. The van der Waals surface area contributed by atoms with Crippen LogP contribution in [0.3, 0.4) is 0 Å². The summed E-state index contributed by atoms with van der Waals surface area (Å²) in [5.74, 6) is 0.991. The second kappa shape index (κ2) is 5.68. The molecule has 1 aliphatic carbocycles. The zero-order chi connectivity index (χ0) is 13.9. The molecule has 2 nitrogen and oxygen atoms in total. The van der Waals surface area contributed by atoms with Gasteiger partial charge in [0.2, 0.25) is 0 Å². The number of ether oxygens (including phenoxy) is 1. The highest BCUT2D eigenvalue weighted by Crippen LogP contribution is 2.40. The molecule has 3 rings (SSSR count). The third-order valence-electron chi connectivity index (χ3n) is 3.92. The maximum Gasteiger partial charge on any atom is 0.123 e. The third kappa shape index (κ3) is 2.44. The SMILES string of the molecule is CCCC(N)COc1cccc2c1Cc1ccccc1-2. The lowest BCUT2D eigenvalue weighted by Crippen LogP contribution is -2.27. The van der Waals surface area contributed by atoms with Crippen LogP contribution in [0.5, 0.6) is 5.75 Å². The Morgan fingerprint density at radius 3 is 2.75 bits per heavy atom. The molecule has 0 fully saturated rings. The molecule has 2 N–H and O–H groups in total. The van der Waals surface area contributed by atoms with Gasteiger partial charge in [0.25, 0.3) is 0 Å². The van der Waals surface area contributed by atoms with Gasteiger partial charge < -0.3 is 10.5 Å². The Balaban J connectivity index is 1.82. The van der Waals surface area contributed by atoms with Crippen molar-refractivity contribution in [3.63, 3.8) is 0 Å². The number of rotatable bonds is 5. The summed E-state index contributed by atoms with van der Waals surface area (Å²) in [6.45, 7) is 2.75. The highest BCUT2D eigenvalue weighted by atomic mass is 16.5. The molecule has 0 saturated heterocycles. The lowest BCUT2D eigenvalue weighted by molar-refractivity contribution is 0.279. The van der Waals surface area contributed by atoms with Crippen molar-refractivity contribution in [1.82, 2.24) is 0 Å². The number of fused-ring (bicyclic) bond motifs is 3. The quantitative estimate of drug-likeness (QED) is 0.764. The van der Waals surface area contributed by atoms with Crippen LogP contribution >= 0.6 is 0 Å². The summed E-state index contributed by atoms with van der Waals surface area (Å²) in [5.41, 5.74) is 11.4. The molecule has 1 atom stereocenters. The van der Waals surface area contributed by atoms with Crippen molar-refractivity contribution in [1.29, 1.82) is 0 Å². The van der Waals surface area contributed by atoms with Gasteiger partial charge in [0.05, 0.1) is 0 Å². The first kappa shape index (κ1) is 13.2. The minimum Gasteiger partial charge on any atom is -0.492 e. The first-order valence-corrected chi connectivity index (χ1v) is 7.38. The van der Waals surface area contributed by atoms with Gasteiger partial charge in [-0.15, -0.1) is 0 Å². The van der Waals surface area contributed by atoms with E-state index < -0.39 is 0 Å². The summed E-state index contributed by atoms with van der Waals surface area (Å²) in [6, 6.07) is 15.0. The standard InChI is InChI=1S/C18H21NO/c1-2-6-14(19)12-20-18-10-5-9-16-15-8-4-3-7-13(15)11-17(16)18/h3-5,7-10,14H,2,6,11-12,19H2,1H3. The Labute approximate surface area is 120 Å². The largest absolute Gasteiger partial charge is 0.492 e. The van der Waals surface area contributed by atoms with Crippen molar-refractivity contribution < 1.29 is 4.74 Å². The second-order valence-electron chi connectivity index (χ2n) is 5.48. The van der Waals surface area contributed by atoms with E-state index >= 15 is 0 Å². The van der Waals surface area contributed by atoms with E-state index in [1.165, 1.54) is 22.3 Å². The fraction of sp³-hybridized carbons (Fsp3) is 0.333. The van der Waals surface area contributed by atoms with Crippen molar-refractivity contribution in [3.8, 4) is 16.9 Å². The highest BCUT2D eigenvalue weighted by molar-refractivity contribution is 5.78.